The minimum Gasteiger partial charge on any atom is -0.379 e. The van der Waals surface area contributed by atoms with E-state index in [1.807, 2.05) is 62.4 Å². The minimum absolute atomic E-state index is 0.238. The van der Waals surface area contributed by atoms with Gasteiger partial charge in [-0.05, 0) is 36.1 Å². The highest BCUT2D eigenvalue weighted by molar-refractivity contribution is 6.09. The molecular formula is C22H25N3O3. The van der Waals surface area contributed by atoms with Crippen molar-refractivity contribution in [3.8, 4) is 0 Å². The molecule has 2 aromatic carbocycles. The molecule has 2 fully saturated rings. The smallest absolute Gasteiger partial charge is 0.326 e. The molecule has 0 bridgehead atoms. The third-order valence-electron chi connectivity index (χ3n) is 5.70. The number of carbonyl (C=O) groups excluding carboxylic acids is 2. The predicted molar refractivity (Wildman–Crippen MR) is 106 cm³/mol. The van der Waals surface area contributed by atoms with Gasteiger partial charge < -0.3 is 10.1 Å². The molecule has 0 unspecified atom stereocenters. The van der Waals surface area contributed by atoms with Crippen LogP contribution in [0.25, 0.3) is 0 Å². The molecule has 4 rings (SSSR count). The molecule has 2 aromatic rings. The third kappa shape index (κ3) is 3.08. The van der Waals surface area contributed by atoms with Crippen LogP contribution in [0.4, 0.5) is 4.79 Å². The first-order valence-electron chi connectivity index (χ1n) is 9.60. The first kappa shape index (κ1) is 18.7. The summed E-state index contributed by atoms with van der Waals surface area (Å²) < 4.78 is 5.38. The molecule has 1 N–H and O–H groups in total. The van der Waals surface area contributed by atoms with E-state index in [0.717, 1.165) is 22.3 Å². The number of hydrogen-bond donors (Lipinski definition) is 1. The van der Waals surface area contributed by atoms with Gasteiger partial charge in [0.15, 0.2) is 5.54 Å². The number of nitrogens with zero attached hydrogens (tertiary/aromatic N) is 2. The summed E-state index contributed by atoms with van der Waals surface area (Å²) in [6.07, 6.45) is 0. The van der Waals surface area contributed by atoms with Crippen molar-refractivity contribution in [3.63, 3.8) is 0 Å². The number of ether oxygens (including phenoxy) is 1. The van der Waals surface area contributed by atoms with Crippen LogP contribution in [0.1, 0.15) is 22.3 Å². The van der Waals surface area contributed by atoms with E-state index in [9.17, 15) is 9.59 Å². The third-order valence-corrected chi connectivity index (χ3v) is 5.70. The monoisotopic (exact) mass is 379 g/mol. The quantitative estimate of drug-likeness (QED) is 0.829. The summed E-state index contributed by atoms with van der Waals surface area (Å²) in [6.45, 7) is 6.97. The van der Waals surface area contributed by atoms with Gasteiger partial charge in [0.1, 0.15) is 0 Å². The fourth-order valence-corrected chi connectivity index (χ4v) is 3.87. The van der Waals surface area contributed by atoms with Crippen LogP contribution in [-0.4, -0.2) is 54.7 Å². The van der Waals surface area contributed by atoms with Crippen molar-refractivity contribution in [2.24, 2.45) is 0 Å². The van der Waals surface area contributed by atoms with Crippen LogP contribution in [0.3, 0.4) is 0 Å². The van der Waals surface area contributed by atoms with Gasteiger partial charge in [0.25, 0.3) is 5.91 Å². The second-order valence-electron chi connectivity index (χ2n) is 7.45. The topological polar surface area (TPSA) is 61.9 Å². The Labute approximate surface area is 165 Å². The molecule has 28 heavy (non-hydrogen) atoms. The van der Waals surface area contributed by atoms with Gasteiger partial charge in [-0.15, -0.1) is 0 Å². The normalized spacial score (nSPS) is 23.1. The first-order chi connectivity index (χ1) is 13.5. The molecule has 0 spiro atoms. The molecule has 0 saturated carbocycles. The van der Waals surface area contributed by atoms with Crippen molar-refractivity contribution >= 4 is 11.9 Å². The van der Waals surface area contributed by atoms with Crippen molar-refractivity contribution in [3.05, 3.63) is 70.8 Å². The Kier molecular flexibility index (Phi) is 4.91. The van der Waals surface area contributed by atoms with Gasteiger partial charge in [0, 0.05) is 13.1 Å². The fourth-order valence-electron chi connectivity index (χ4n) is 3.87. The molecule has 6 heteroatoms. The van der Waals surface area contributed by atoms with Crippen molar-refractivity contribution < 1.29 is 14.3 Å². The molecule has 6 nitrogen and oxygen atoms in total. The van der Waals surface area contributed by atoms with E-state index >= 15 is 0 Å². The number of imide groups is 1. The molecule has 2 heterocycles. The van der Waals surface area contributed by atoms with Crippen molar-refractivity contribution in [1.29, 1.82) is 0 Å². The number of hydrogen-bond acceptors (Lipinski definition) is 4. The summed E-state index contributed by atoms with van der Waals surface area (Å²) in [5.41, 5.74) is 2.57. The van der Waals surface area contributed by atoms with Gasteiger partial charge >= 0.3 is 6.03 Å². The molecule has 0 aromatic heterocycles. The number of benzene rings is 2. The van der Waals surface area contributed by atoms with Gasteiger partial charge in [-0.2, -0.15) is 0 Å². The van der Waals surface area contributed by atoms with Gasteiger partial charge in [-0.3, -0.25) is 9.69 Å². The molecular weight excluding hydrogens is 354 g/mol. The SMILES string of the molecule is Cc1ccc([C@@]2(c3ccccc3)NC(=O)N(CN3CCOCC3)C2=O)cc1C. The van der Waals surface area contributed by atoms with Crippen LogP contribution in [0.15, 0.2) is 48.5 Å². The van der Waals surface area contributed by atoms with Crippen molar-refractivity contribution in [1.82, 2.24) is 15.1 Å². The van der Waals surface area contributed by atoms with E-state index in [1.54, 1.807) is 0 Å². The molecule has 0 radical (unpaired) electrons. The Morgan fingerprint density at radius 1 is 0.964 bits per heavy atom. The zero-order chi connectivity index (χ0) is 19.7. The zero-order valence-corrected chi connectivity index (χ0v) is 16.3. The first-order valence-corrected chi connectivity index (χ1v) is 9.60. The Balaban J connectivity index is 1.77. The highest BCUT2D eigenvalue weighted by atomic mass is 16.5. The van der Waals surface area contributed by atoms with Crippen LogP contribution < -0.4 is 5.32 Å². The van der Waals surface area contributed by atoms with Crippen LogP contribution in [0.5, 0.6) is 0 Å². The average Bonchev–Trinajstić information content (AvgIpc) is 2.97. The number of carbonyl (C=O) groups is 2. The zero-order valence-electron chi connectivity index (χ0n) is 16.3. The number of morpholine rings is 1. The molecule has 3 amide bonds. The van der Waals surface area contributed by atoms with Crippen LogP contribution in [0.2, 0.25) is 0 Å². The summed E-state index contributed by atoms with van der Waals surface area (Å²) in [4.78, 5) is 30.0. The van der Waals surface area contributed by atoms with Crippen molar-refractivity contribution in [2.45, 2.75) is 19.4 Å². The Morgan fingerprint density at radius 2 is 1.68 bits per heavy atom. The second-order valence-corrected chi connectivity index (χ2v) is 7.45. The lowest BCUT2D eigenvalue weighted by molar-refractivity contribution is -0.132. The maximum Gasteiger partial charge on any atom is 0.326 e. The number of nitrogens with one attached hydrogen (secondary N) is 1. The number of amides is 3. The molecule has 2 aliphatic heterocycles. The summed E-state index contributed by atoms with van der Waals surface area (Å²) in [6, 6.07) is 15.1. The minimum atomic E-state index is -1.21. The Morgan fingerprint density at radius 3 is 2.36 bits per heavy atom. The average molecular weight is 379 g/mol. The number of urea groups is 1. The van der Waals surface area contributed by atoms with Gasteiger partial charge in [0.05, 0.1) is 19.9 Å². The molecule has 2 saturated heterocycles. The van der Waals surface area contributed by atoms with Crippen molar-refractivity contribution in [2.75, 3.05) is 33.0 Å². The lowest BCUT2D eigenvalue weighted by Crippen LogP contribution is -2.48. The predicted octanol–water partition coefficient (Wildman–Crippen LogP) is 2.39. The number of rotatable bonds is 4. The van der Waals surface area contributed by atoms with E-state index in [0.29, 0.717) is 26.3 Å². The standard InChI is InChI=1S/C22H25N3O3/c1-16-8-9-19(14-17(16)2)22(18-6-4-3-5-7-18)20(26)25(21(27)23-22)15-24-10-12-28-13-11-24/h3-9,14H,10-13,15H2,1-2H3,(H,23,27)/t22-/m1/s1. The molecule has 0 aliphatic carbocycles. The Bertz CT molecular complexity index is 893. The van der Waals surface area contributed by atoms with E-state index in [4.69, 9.17) is 4.74 Å². The summed E-state index contributed by atoms with van der Waals surface area (Å²) >= 11 is 0. The summed E-state index contributed by atoms with van der Waals surface area (Å²) in [5, 5.41) is 3.02. The van der Waals surface area contributed by atoms with Crippen LogP contribution >= 0.6 is 0 Å². The highest BCUT2D eigenvalue weighted by Gasteiger charge is 2.54. The lowest BCUT2D eigenvalue weighted by atomic mass is 9.81. The van der Waals surface area contributed by atoms with E-state index in [2.05, 4.69) is 10.2 Å². The number of aryl methyl sites for hydroxylation is 2. The molecule has 1 atom stereocenters. The van der Waals surface area contributed by atoms with Gasteiger partial charge in [-0.25, -0.2) is 9.69 Å². The van der Waals surface area contributed by atoms with Crippen LogP contribution in [0, 0.1) is 13.8 Å². The van der Waals surface area contributed by atoms with E-state index in [1.165, 1.54) is 4.90 Å². The molecule has 146 valence electrons. The van der Waals surface area contributed by atoms with Crippen LogP contribution in [-0.2, 0) is 15.1 Å². The summed E-state index contributed by atoms with van der Waals surface area (Å²) in [5.74, 6) is -0.238. The maximum atomic E-state index is 13.7. The van der Waals surface area contributed by atoms with Gasteiger partial charge in [-0.1, -0.05) is 48.5 Å². The summed E-state index contributed by atoms with van der Waals surface area (Å²) in [7, 11) is 0. The van der Waals surface area contributed by atoms with Gasteiger partial charge in [0.2, 0.25) is 0 Å². The lowest BCUT2D eigenvalue weighted by Gasteiger charge is -2.31. The maximum absolute atomic E-state index is 13.7. The van der Waals surface area contributed by atoms with E-state index in [-0.39, 0.29) is 18.6 Å². The molecule has 2 aliphatic rings. The Hall–Kier alpha value is -2.70. The largest absolute Gasteiger partial charge is 0.379 e. The fraction of sp³-hybridized carbons (Fsp3) is 0.364. The second kappa shape index (κ2) is 7.37. The van der Waals surface area contributed by atoms with E-state index < -0.39 is 5.54 Å². The highest BCUT2D eigenvalue weighted by Crippen LogP contribution is 2.36.